The average Bonchev–Trinajstić information content (AvgIpc) is 3.38. The minimum absolute atomic E-state index is 0. The smallest absolute Gasteiger partial charge is 0.261 e. The van der Waals surface area contributed by atoms with Gasteiger partial charge in [0.15, 0.2) is 0 Å². The molecule has 2 fully saturated rings. The number of nitrogens with one attached hydrogen (secondary N) is 3. The number of H-pyrrole nitrogens is 1. The molecule has 0 unspecified atom stereocenters. The van der Waals surface area contributed by atoms with Gasteiger partial charge in [-0.1, -0.05) is 0 Å². The fourth-order valence-electron chi connectivity index (χ4n) is 4.99. The van der Waals surface area contributed by atoms with E-state index in [1.807, 2.05) is 0 Å². The molecule has 178 valence electrons. The van der Waals surface area contributed by atoms with Crippen LogP contribution in [0, 0.1) is 6.92 Å². The van der Waals surface area contributed by atoms with Gasteiger partial charge < -0.3 is 20.4 Å². The summed E-state index contributed by atoms with van der Waals surface area (Å²) in [6, 6.07) is 2.37. The van der Waals surface area contributed by atoms with Gasteiger partial charge in [-0.05, 0) is 63.7 Å². The SMILES string of the molecule is Cc1[nH]cnc1CN1CCC(NC(=O)c2cc3c(s2)C2(CCNCC2)OCC3)CC1.Cl.Cl. The van der Waals surface area contributed by atoms with Crippen LogP contribution in [0.4, 0.5) is 0 Å². The highest BCUT2D eigenvalue weighted by molar-refractivity contribution is 7.14. The maximum Gasteiger partial charge on any atom is 0.261 e. The van der Waals surface area contributed by atoms with Crippen LogP contribution in [0.15, 0.2) is 12.4 Å². The predicted octanol–water partition coefficient (Wildman–Crippen LogP) is 3.17. The molecule has 0 atom stereocenters. The van der Waals surface area contributed by atoms with Gasteiger partial charge in [0.2, 0.25) is 0 Å². The van der Waals surface area contributed by atoms with E-state index in [2.05, 4.69) is 38.5 Å². The summed E-state index contributed by atoms with van der Waals surface area (Å²) in [6.45, 7) is 7.65. The lowest BCUT2D eigenvalue weighted by Gasteiger charge is -2.40. The van der Waals surface area contributed by atoms with E-state index in [-0.39, 0.29) is 42.4 Å². The molecule has 3 N–H and O–H groups in total. The first-order valence-corrected chi connectivity index (χ1v) is 11.9. The van der Waals surface area contributed by atoms with Crippen LogP contribution in [-0.4, -0.2) is 59.6 Å². The third-order valence-corrected chi connectivity index (χ3v) is 8.20. The van der Waals surface area contributed by atoms with E-state index in [4.69, 9.17) is 4.74 Å². The second-order valence-corrected chi connectivity index (χ2v) is 9.86. The van der Waals surface area contributed by atoms with E-state index >= 15 is 0 Å². The van der Waals surface area contributed by atoms with Gasteiger partial charge in [-0.25, -0.2) is 4.98 Å². The van der Waals surface area contributed by atoms with Crippen molar-refractivity contribution in [2.75, 3.05) is 32.8 Å². The van der Waals surface area contributed by atoms with Crippen molar-refractivity contribution in [2.24, 2.45) is 0 Å². The van der Waals surface area contributed by atoms with E-state index in [9.17, 15) is 4.79 Å². The fraction of sp³-hybridized carbons (Fsp3) is 0.636. The highest BCUT2D eigenvalue weighted by Crippen LogP contribution is 2.44. The molecule has 10 heteroatoms. The number of hydrogen-bond acceptors (Lipinski definition) is 6. The molecule has 0 radical (unpaired) electrons. The van der Waals surface area contributed by atoms with Gasteiger partial charge in [0.1, 0.15) is 5.60 Å². The molecular weight excluding hydrogens is 469 g/mol. The van der Waals surface area contributed by atoms with Gasteiger partial charge >= 0.3 is 0 Å². The highest BCUT2D eigenvalue weighted by Gasteiger charge is 2.41. The molecule has 5 heterocycles. The Bertz CT molecular complexity index is 904. The Morgan fingerprint density at radius 3 is 2.75 bits per heavy atom. The van der Waals surface area contributed by atoms with Crippen molar-refractivity contribution in [3.05, 3.63) is 39.1 Å². The molecule has 32 heavy (non-hydrogen) atoms. The topological polar surface area (TPSA) is 82.3 Å². The number of nitrogens with zero attached hydrogens (tertiary/aromatic N) is 2. The van der Waals surface area contributed by atoms with Crippen LogP contribution in [-0.2, 0) is 23.3 Å². The van der Waals surface area contributed by atoms with Crippen LogP contribution in [0.5, 0.6) is 0 Å². The summed E-state index contributed by atoms with van der Waals surface area (Å²) in [4.78, 5) is 25.1. The molecule has 1 spiro atoms. The Balaban J connectivity index is 0.00000144. The maximum atomic E-state index is 13.0. The van der Waals surface area contributed by atoms with E-state index in [1.54, 1.807) is 17.7 Å². The molecule has 0 saturated carbocycles. The molecule has 7 nitrogen and oxygen atoms in total. The molecule has 1 amide bonds. The molecule has 2 saturated heterocycles. The number of ether oxygens (including phenoxy) is 1. The molecule has 0 aromatic carbocycles. The third kappa shape index (κ3) is 5.16. The van der Waals surface area contributed by atoms with Crippen molar-refractivity contribution < 1.29 is 9.53 Å². The highest BCUT2D eigenvalue weighted by atomic mass is 35.5. The maximum absolute atomic E-state index is 13.0. The van der Waals surface area contributed by atoms with Gasteiger partial charge in [-0.3, -0.25) is 9.69 Å². The lowest BCUT2D eigenvalue weighted by atomic mass is 9.86. The number of fused-ring (bicyclic) bond motifs is 2. The lowest BCUT2D eigenvalue weighted by Crippen LogP contribution is -2.44. The van der Waals surface area contributed by atoms with Crippen LogP contribution in [0.1, 0.15) is 57.2 Å². The van der Waals surface area contributed by atoms with E-state index in [0.29, 0.717) is 0 Å². The number of hydrogen-bond donors (Lipinski definition) is 3. The summed E-state index contributed by atoms with van der Waals surface area (Å²) >= 11 is 1.66. The van der Waals surface area contributed by atoms with Gasteiger partial charge in [0.25, 0.3) is 5.91 Å². The van der Waals surface area contributed by atoms with E-state index in [1.165, 1.54) is 10.4 Å². The van der Waals surface area contributed by atoms with Crippen LogP contribution < -0.4 is 10.6 Å². The Kier molecular flexibility index (Phi) is 8.63. The lowest BCUT2D eigenvalue weighted by molar-refractivity contribution is -0.0771. The van der Waals surface area contributed by atoms with Crippen LogP contribution in [0.3, 0.4) is 0 Å². The average molecular weight is 503 g/mol. The van der Waals surface area contributed by atoms with Gasteiger partial charge in [-0.2, -0.15) is 0 Å². The Hall–Kier alpha value is -1.16. The van der Waals surface area contributed by atoms with Crippen LogP contribution in [0.2, 0.25) is 0 Å². The largest absolute Gasteiger partial charge is 0.369 e. The number of carbonyl (C=O) groups is 1. The first-order valence-electron chi connectivity index (χ1n) is 11.1. The first kappa shape index (κ1) is 25.5. The van der Waals surface area contributed by atoms with Crippen molar-refractivity contribution in [2.45, 2.75) is 57.2 Å². The summed E-state index contributed by atoms with van der Waals surface area (Å²) in [5.74, 6) is 0.0834. The van der Waals surface area contributed by atoms with Crippen molar-refractivity contribution >= 4 is 42.1 Å². The standard InChI is InChI=1S/C22H31N5O2S.2ClH/c1-15-18(25-14-24-15)13-27-9-2-17(3-10-27)26-21(28)19-12-16-4-11-29-22(20(16)30-19)5-7-23-8-6-22;;/h12,14,17,23H,2-11,13H2,1H3,(H,24,25)(H,26,28);2*1H. The number of halogens is 2. The number of thiophene rings is 1. The number of rotatable bonds is 4. The summed E-state index contributed by atoms with van der Waals surface area (Å²) in [5, 5.41) is 6.72. The summed E-state index contributed by atoms with van der Waals surface area (Å²) in [5.41, 5.74) is 3.42. The minimum atomic E-state index is -0.169. The monoisotopic (exact) mass is 501 g/mol. The molecule has 0 bridgehead atoms. The molecule has 2 aromatic rings. The van der Waals surface area contributed by atoms with Crippen molar-refractivity contribution in [1.82, 2.24) is 25.5 Å². The van der Waals surface area contributed by atoms with E-state index < -0.39 is 0 Å². The minimum Gasteiger partial charge on any atom is -0.369 e. The molecule has 5 rings (SSSR count). The molecule has 0 aliphatic carbocycles. The number of amides is 1. The van der Waals surface area contributed by atoms with Gasteiger partial charge in [0, 0.05) is 36.2 Å². The predicted molar refractivity (Wildman–Crippen MR) is 131 cm³/mol. The fourth-order valence-corrected chi connectivity index (χ4v) is 6.30. The Morgan fingerprint density at radius 1 is 1.31 bits per heavy atom. The number of aryl methyl sites for hydroxylation is 1. The van der Waals surface area contributed by atoms with Crippen LogP contribution in [0.25, 0.3) is 0 Å². The first-order chi connectivity index (χ1) is 14.6. The molecule has 3 aliphatic heterocycles. The van der Waals surface area contributed by atoms with Gasteiger partial charge in [0.05, 0.1) is 23.5 Å². The quantitative estimate of drug-likeness (QED) is 0.599. The molecule has 3 aliphatic rings. The Morgan fingerprint density at radius 2 is 2.06 bits per heavy atom. The second kappa shape index (κ2) is 10.8. The molecular formula is C22H33Cl2N5O2S. The number of imidazole rings is 1. The number of aromatic nitrogens is 2. The number of aromatic amines is 1. The van der Waals surface area contributed by atoms with E-state index in [0.717, 1.165) is 87.7 Å². The van der Waals surface area contributed by atoms with Crippen molar-refractivity contribution in [3.8, 4) is 0 Å². The molecule has 2 aromatic heterocycles. The number of piperidine rings is 2. The normalized spacial score (nSPS) is 20.8. The third-order valence-electron chi connectivity index (χ3n) is 6.84. The zero-order valence-corrected chi connectivity index (χ0v) is 20.9. The van der Waals surface area contributed by atoms with Crippen molar-refractivity contribution in [3.63, 3.8) is 0 Å². The second-order valence-electron chi connectivity index (χ2n) is 8.81. The van der Waals surface area contributed by atoms with Crippen molar-refractivity contribution in [1.29, 1.82) is 0 Å². The number of likely N-dealkylation sites (tertiary alicyclic amines) is 1. The Labute approximate surface area is 205 Å². The summed E-state index contributed by atoms with van der Waals surface area (Å²) < 4.78 is 6.26. The summed E-state index contributed by atoms with van der Waals surface area (Å²) in [6.07, 6.45) is 6.64. The number of carbonyl (C=O) groups excluding carboxylic acids is 1. The summed E-state index contributed by atoms with van der Waals surface area (Å²) in [7, 11) is 0. The zero-order chi connectivity index (χ0) is 20.6. The van der Waals surface area contributed by atoms with Crippen LogP contribution >= 0.6 is 36.2 Å². The zero-order valence-electron chi connectivity index (χ0n) is 18.4. The van der Waals surface area contributed by atoms with Gasteiger partial charge in [-0.15, -0.1) is 36.2 Å².